The minimum atomic E-state index is -3.17. The zero-order chi connectivity index (χ0) is 17.3. The van der Waals surface area contributed by atoms with Crippen LogP contribution in [0.3, 0.4) is 0 Å². The van der Waals surface area contributed by atoms with Gasteiger partial charge >= 0.3 is 0 Å². The van der Waals surface area contributed by atoms with Gasteiger partial charge in [0, 0.05) is 29.7 Å². The molecule has 6 nitrogen and oxygen atoms in total. The predicted molar refractivity (Wildman–Crippen MR) is 96.7 cm³/mol. The number of guanidine groups is 1. The van der Waals surface area contributed by atoms with Gasteiger partial charge in [-0.15, -0.1) is 0 Å². The van der Waals surface area contributed by atoms with Crippen LogP contribution in [0.15, 0.2) is 23.2 Å². The van der Waals surface area contributed by atoms with Crippen LogP contribution >= 0.6 is 23.2 Å². The summed E-state index contributed by atoms with van der Waals surface area (Å²) < 4.78 is 25.2. The molecular formula is C14H22Cl2N4O2S. The first-order valence-electron chi connectivity index (χ1n) is 7.31. The van der Waals surface area contributed by atoms with Crippen molar-refractivity contribution < 1.29 is 8.42 Å². The molecule has 1 aromatic carbocycles. The Bertz CT molecular complexity index is 636. The number of nitrogens with zero attached hydrogens (tertiary/aromatic N) is 1. The zero-order valence-corrected chi connectivity index (χ0v) is 15.5. The highest BCUT2D eigenvalue weighted by molar-refractivity contribution is 7.89. The number of nitrogens with one attached hydrogen (secondary N) is 3. The first-order chi connectivity index (χ1) is 10.9. The Kier molecular flexibility index (Phi) is 8.68. The molecule has 0 radical (unpaired) electrons. The molecule has 130 valence electrons. The Morgan fingerprint density at radius 1 is 1.17 bits per heavy atom. The fourth-order valence-electron chi connectivity index (χ4n) is 1.65. The molecule has 0 atom stereocenters. The zero-order valence-electron chi connectivity index (χ0n) is 13.2. The van der Waals surface area contributed by atoms with Crippen molar-refractivity contribution in [1.29, 1.82) is 0 Å². The molecule has 0 fully saturated rings. The lowest BCUT2D eigenvalue weighted by Crippen LogP contribution is -2.41. The van der Waals surface area contributed by atoms with E-state index in [9.17, 15) is 8.42 Å². The van der Waals surface area contributed by atoms with Crippen molar-refractivity contribution >= 4 is 39.2 Å². The number of hydrogen-bond acceptors (Lipinski definition) is 3. The number of aliphatic imine (C=N–C) groups is 1. The topological polar surface area (TPSA) is 82.6 Å². The normalized spacial score (nSPS) is 12.3. The van der Waals surface area contributed by atoms with Crippen molar-refractivity contribution in [2.24, 2.45) is 4.99 Å². The second kappa shape index (κ2) is 9.97. The molecule has 0 unspecified atom stereocenters. The molecule has 0 heterocycles. The Balaban J connectivity index is 2.56. The number of hydrogen-bond donors (Lipinski definition) is 3. The molecule has 1 aromatic rings. The Labute approximate surface area is 147 Å². The molecule has 0 aliphatic carbocycles. The van der Waals surface area contributed by atoms with Gasteiger partial charge in [-0.3, -0.25) is 0 Å². The summed E-state index contributed by atoms with van der Waals surface area (Å²) in [6.07, 6.45) is 0. The van der Waals surface area contributed by atoms with Gasteiger partial charge in [0.2, 0.25) is 10.0 Å². The van der Waals surface area contributed by atoms with Crippen LogP contribution in [-0.2, 0) is 16.6 Å². The molecule has 3 N–H and O–H groups in total. The molecule has 23 heavy (non-hydrogen) atoms. The third-order valence-electron chi connectivity index (χ3n) is 2.89. The summed E-state index contributed by atoms with van der Waals surface area (Å²) in [5.41, 5.74) is 0.861. The van der Waals surface area contributed by atoms with Crippen molar-refractivity contribution in [2.45, 2.75) is 20.4 Å². The summed E-state index contributed by atoms with van der Waals surface area (Å²) in [4.78, 5) is 4.42. The van der Waals surface area contributed by atoms with Gasteiger partial charge in [-0.1, -0.05) is 29.3 Å². The van der Waals surface area contributed by atoms with Crippen LogP contribution in [0.25, 0.3) is 0 Å². The van der Waals surface area contributed by atoms with E-state index in [0.717, 1.165) is 5.56 Å². The van der Waals surface area contributed by atoms with E-state index in [1.165, 1.54) is 0 Å². The van der Waals surface area contributed by atoms with Crippen molar-refractivity contribution in [3.63, 3.8) is 0 Å². The summed E-state index contributed by atoms with van der Waals surface area (Å²) in [5.74, 6) is 0.658. The smallest absolute Gasteiger partial charge is 0.211 e. The van der Waals surface area contributed by atoms with E-state index in [-0.39, 0.29) is 5.75 Å². The number of halogens is 2. The van der Waals surface area contributed by atoms with Crippen LogP contribution in [0.4, 0.5) is 0 Å². The minimum Gasteiger partial charge on any atom is -0.357 e. The molecule has 9 heteroatoms. The first kappa shape index (κ1) is 20.0. The Morgan fingerprint density at radius 3 is 2.52 bits per heavy atom. The lowest BCUT2D eigenvalue weighted by molar-refractivity contribution is 0.582. The fourth-order valence-corrected chi connectivity index (χ4v) is 2.73. The molecule has 0 aliphatic rings. The van der Waals surface area contributed by atoms with Gasteiger partial charge in [-0.05, 0) is 31.5 Å². The van der Waals surface area contributed by atoms with Crippen molar-refractivity contribution in [3.05, 3.63) is 33.8 Å². The van der Waals surface area contributed by atoms with Gasteiger partial charge in [-0.2, -0.15) is 0 Å². The highest BCUT2D eigenvalue weighted by atomic mass is 35.5. The van der Waals surface area contributed by atoms with Crippen LogP contribution in [0.5, 0.6) is 0 Å². The van der Waals surface area contributed by atoms with E-state index in [1.54, 1.807) is 19.1 Å². The van der Waals surface area contributed by atoms with Crippen LogP contribution in [0, 0.1) is 0 Å². The highest BCUT2D eigenvalue weighted by Crippen LogP contribution is 2.21. The number of benzene rings is 1. The predicted octanol–water partition coefficient (Wildman–Crippen LogP) is 1.99. The summed E-state index contributed by atoms with van der Waals surface area (Å²) in [6, 6.07) is 5.26. The second-order valence-electron chi connectivity index (χ2n) is 4.66. The summed E-state index contributed by atoms with van der Waals surface area (Å²) in [7, 11) is -3.17. The maximum Gasteiger partial charge on any atom is 0.211 e. The van der Waals surface area contributed by atoms with Crippen LogP contribution in [-0.4, -0.2) is 39.8 Å². The number of sulfonamides is 1. The second-order valence-corrected chi connectivity index (χ2v) is 7.59. The summed E-state index contributed by atoms with van der Waals surface area (Å²) >= 11 is 12.0. The van der Waals surface area contributed by atoms with Gasteiger partial charge in [0.05, 0.1) is 12.3 Å². The van der Waals surface area contributed by atoms with E-state index >= 15 is 0 Å². The average Bonchev–Trinajstić information content (AvgIpc) is 2.50. The van der Waals surface area contributed by atoms with Crippen LogP contribution in [0.1, 0.15) is 19.4 Å². The fraction of sp³-hybridized carbons (Fsp3) is 0.500. The van der Waals surface area contributed by atoms with E-state index in [2.05, 4.69) is 20.3 Å². The highest BCUT2D eigenvalue weighted by Gasteiger charge is 2.05. The van der Waals surface area contributed by atoms with Gasteiger partial charge in [0.1, 0.15) is 0 Å². The lowest BCUT2D eigenvalue weighted by atomic mass is 10.2. The van der Waals surface area contributed by atoms with E-state index in [4.69, 9.17) is 23.2 Å². The van der Waals surface area contributed by atoms with Crippen molar-refractivity contribution in [1.82, 2.24) is 15.4 Å². The van der Waals surface area contributed by atoms with Crippen LogP contribution in [0.2, 0.25) is 10.0 Å². The Morgan fingerprint density at radius 2 is 1.91 bits per heavy atom. The third kappa shape index (κ3) is 7.87. The molecule has 0 aliphatic heterocycles. The summed E-state index contributed by atoms with van der Waals surface area (Å²) in [5, 5.41) is 7.29. The number of rotatable bonds is 8. The quantitative estimate of drug-likeness (QED) is 0.365. The molecule has 0 saturated carbocycles. The first-order valence-corrected chi connectivity index (χ1v) is 9.72. The molecule has 0 saturated heterocycles. The third-order valence-corrected chi connectivity index (χ3v) is 4.88. The maximum absolute atomic E-state index is 11.3. The Hall–Kier alpha value is -1.02. The maximum atomic E-state index is 11.3. The average molecular weight is 381 g/mol. The molecule has 1 rings (SSSR count). The molecule has 0 spiro atoms. The van der Waals surface area contributed by atoms with E-state index in [0.29, 0.717) is 42.2 Å². The molecular weight excluding hydrogens is 359 g/mol. The standard InChI is InChI=1S/C14H22Cl2N4O2S/c1-3-17-14(18-7-8-20-23(21,22)4-2)19-10-11-5-6-12(15)9-13(11)16/h5-6,9,20H,3-4,7-8,10H2,1-2H3,(H2,17,18,19). The van der Waals surface area contributed by atoms with Crippen LogP contribution < -0.4 is 15.4 Å². The molecule has 0 aromatic heterocycles. The monoisotopic (exact) mass is 380 g/mol. The SMILES string of the molecule is CCNC(=NCc1ccc(Cl)cc1Cl)NCCNS(=O)(=O)CC. The lowest BCUT2D eigenvalue weighted by Gasteiger charge is -2.12. The van der Waals surface area contributed by atoms with Crippen molar-refractivity contribution in [2.75, 3.05) is 25.4 Å². The van der Waals surface area contributed by atoms with Gasteiger partial charge in [-0.25, -0.2) is 18.1 Å². The van der Waals surface area contributed by atoms with Crippen molar-refractivity contribution in [3.8, 4) is 0 Å². The largest absolute Gasteiger partial charge is 0.357 e. The summed E-state index contributed by atoms with van der Waals surface area (Å²) in [6.45, 7) is 5.36. The minimum absolute atomic E-state index is 0.0657. The molecule has 0 bridgehead atoms. The van der Waals surface area contributed by atoms with Gasteiger partial charge in [0.15, 0.2) is 5.96 Å². The molecule has 0 amide bonds. The van der Waals surface area contributed by atoms with E-state index in [1.807, 2.05) is 13.0 Å². The van der Waals surface area contributed by atoms with E-state index < -0.39 is 10.0 Å². The van der Waals surface area contributed by atoms with Gasteiger partial charge < -0.3 is 10.6 Å². The van der Waals surface area contributed by atoms with Gasteiger partial charge in [0.25, 0.3) is 0 Å².